The molecule has 0 aliphatic carbocycles. The highest BCUT2D eigenvalue weighted by atomic mass is 19.4. The Morgan fingerprint density at radius 1 is 0.775 bits per heavy atom. The van der Waals surface area contributed by atoms with Crippen LogP contribution in [0.15, 0.2) is 84.9 Å². The number of ether oxygens (including phenoxy) is 2. The number of alkyl halides is 3. The van der Waals surface area contributed by atoms with E-state index in [0.29, 0.717) is 16.7 Å². The monoisotopic (exact) mass is 550 g/mol. The summed E-state index contributed by atoms with van der Waals surface area (Å²) in [7, 11) is 0. The molecule has 0 saturated carbocycles. The smallest absolute Gasteiger partial charge is 0.416 e. The number of carbonyl (C=O) groups excluding carboxylic acids is 2. The van der Waals surface area contributed by atoms with Crippen molar-refractivity contribution in [3.05, 3.63) is 107 Å². The van der Waals surface area contributed by atoms with Crippen molar-refractivity contribution in [2.45, 2.75) is 45.6 Å². The van der Waals surface area contributed by atoms with Crippen LogP contribution in [0.25, 0.3) is 10.8 Å². The number of hydrogen-bond acceptors (Lipinski definition) is 4. The molecule has 6 nitrogen and oxygen atoms in total. The highest BCUT2D eigenvalue weighted by Crippen LogP contribution is 2.33. The molecule has 208 valence electrons. The first-order valence-corrected chi connectivity index (χ1v) is 12.6. The summed E-state index contributed by atoms with van der Waals surface area (Å²) in [4.78, 5) is 24.8. The molecular formula is C31H29F3N2O4. The fraction of sp³-hybridized carbons (Fsp3) is 0.226. The highest BCUT2D eigenvalue weighted by Gasteiger charge is 2.30. The number of hydrogen-bond donors (Lipinski definition) is 2. The number of halogens is 3. The minimum Gasteiger partial charge on any atom is -0.457 e. The van der Waals surface area contributed by atoms with Crippen LogP contribution in [-0.2, 0) is 24.0 Å². The van der Waals surface area contributed by atoms with Crippen molar-refractivity contribution in [1.29, 1.82) is 0 Å². The van der Waals surface area contributed by atoms with Crippen LogP contribution in [0.4, 0.5) is 18.0 Å². The number of fused-ring (bicyclic) bond motifs is 1. The van der Waals surface area contributed by atoms with Crippen LogP contribution in [0.1, 0.15) is 47.8 Å². The molecule has 0 fully saturated rings. The van der Waals surface area contributed by atoms with Gasteiger partial charge < -0.3 is 20.1 Å². The largest absolute Gasteiger partial charge is 0.457 e. The second kappa shape index (κ2) is 11.7. The van der Waals surface area contributed by atoms with Gasteiger partial charge >= 0.3 is 12.3 Å². The van der Waals surface area contributed by atoms with E-state index in [2.05, 4.69) is 10.6 Å². The summed E-state index contributed by atoms with van der Waals surface area (Å²) in [5.41, 5.74) is 0.841. The zero-order valence-electron chi connectivity index (χ0n) is 22.3. The van der Waals surface area contributed by atoms with E-state index in [0.717, 1.165) is 28.6 Å². The van der Waals surface area contributed by atoms with E-state index in [4.69, 9.17) is 9.47 Å². The van der Waals surface area contributed by atoms with Crippen LogP contribution in [-0.4, -0.2) is 17.6 Å². The van der Waals surface area contributed by atoms with Gasteiger partial charge in [0.05, 0.1) is 5.56 Å². The van der Waals surface area contributed by atoms with Crippen molar-refractivity contribution in [3.8, 4) is 11.5 Å². The minimum atomic E-state index is -4.42. The van der Waals surface area contributed by atoms with Crippen LogP contribution < -0.4 is 15.4 Å². The molecule has 0 bridgehead atoms. The Morgan fingerprint density at radius 3 is 2.08 bits per heavy atom. The normalized spacial score (nSPS) is 11.7. The SMILES string of the molecule is CC(C)(C)OC(=O)NCc1cccc(CNC(=O)c2ccc3c(Oc4ccc(C(F)(F)F)cc4)cccc3c2)c1. The van der Waals surface area contributed by atoms with Crippen molar-refractivity contribution in [2.75, 3.05) is 0 Å². The van der Waals surface area contributed by atoms with Crippen molar-refractivity contribution < 1.29 is 32.2 Å². The second-order valence-electron chi connectivity index (χ2n) is 10.2. The molecule has 0 saturated heterocycles. The predicted molar refractivity (Wildman–Crippen MR) is 146 cm³/mol. The topological polar surface area (TPSA) is 76.7 Å². The number of nitrogens with one attached hydrogen (secondary N) is 2. The molecule has 0 atom stereocenters. The number of carbonyl (C=O) groups is 2. The Labute approximate surface area is 230 Å². The van der Waals surface area contributed by atoms with Crippen molar-refractivity contribution >= 4 is 22.8 Å². The van der Waals surface area contributed by atoms with Crippen molar-refractivity contribution in [2.24, 2.45) is 0 Å². The van der Waals surface area contributed by atoms with E-state index < -0.39 is 23.4 Å². The first-order chi connectivity index (χ1) is 18.9. The Morgan fingerprint density at radius 2 is 1.43 bits per heavy atom. The van der Waals surface area contributed by atoms with Crippen molar-refractivity contribution in [3.63, 3.8) is 0 Å². The lowest BCUT2D eigenvalue weighted by molar-refractivity contribution is -0.137. The molecule has 4 rings (SSSR count). The van der Waals surface area contributed by atoms with Crippen LogP contribution >= 0.6 is 0 Å². The van der Waals surface area contributed by atoms with Gasteiger partial charge in [0, 0.05) is 24.0 Å². The lowest BCUT2D eigenvalue weighted by atomic mass is 10.1. The molecule has 2 N–H and O–H groups in total. The zero-order chi connectivity index (χ0) is 28.9. The first-order valence-electron chi connectivity index (χ1n) is 12.6. The fourth-order valence-electron chi connectivity index (χ4n) is 3.95. The summed E-state index contributed by atoms with van der Waals surface area (Å²) in [6, 6.07) is 22.4. The third-order valence-corrected chi connectivity index (χ3v) is 5.79. The quantitative estimate of drug-likeness (QED) is 0.248. The number of amides is 2. The summed E-state index contributed by atoms with van der Waals surface area (Å²) in [6.45, 7) is 5.96. The van der Waals surface area contributed by atoms with E-state index in [1.165, 1.54) is 12.1 Å². The molecule has 0 unspecified atom stereocenters. The van der Waals surface area contributed by atoms with Gasteiger partial charge in [-0.25, -0.2) is 4.79 Å². The summed E-state index contributed by atoms with van der Waals surface area (Å²) in [5.74, 6) is 0.458. The zero-order valence-corrected chi connectivity index (χ0v) is 22.3. The first kappa shape index (κ1) is 28.5. The molecule has 0 radical (unpaired) electrons. The van der Waals surface area contributed by atoms with Gasteiger partial charge in [0.1, 0.15) is 17.1 Å². The lowest BCUT2D eigenvalue weighted by Gasteiger charge is -2.19. The van der Waals surface area contributed by atoms with Gasteiger partial charge in [-0.3, -0.25) is 4.79 Å². The predicted octanol–water partition coefficient (Wildman–Crippen LogP) is 7.61. The number of benzene rings is 4. The van der Waals surface area contributed by atoms with Gasteiger partial charge in [0.15, 0.2) is 0 Å². The Bertz CT molecular complexity index is 1510. The van der Waals surface area contributed by atoms with E-state index in [1.807, 2.05) is 30.3 Å². The van der Waals surface area contributed by atoms with Gasteiger partial charge in [0.25, 0.3) is 5.91 Å². The van der Waals surface area contributed by atoms with Crippen LogP contribution in [0, 0.1) is 0 Å². The average Bonchev–Trinajstić information content (AvgIpc) is 2.89. The number of rotatable bonds is 7. The Balaban J connectivity index is 1.39. The molecule has 0 aliphatic rings. The second-order valence-corrected chi connectivity index (χ2v) is 10.2. The molecule has 0 spiro atoms. The standard InChI is InChI=1S/C31H29F3N2O4/c1-30(2,3)40-29(38)36-19-21-7-4-6-20(16-21)18-35-28(37)23-10-15-26-22(17-23)8-5-9-27(26)39-25-13-11-24(12-14-25)31(32,33)34/h4-17H,18-19H2,1-3H3,(H,35,37)(H,36,38). The summed E-state index contributed by atoms with van der Waals surface area (Å²) >= 11 is 0. The fourth-order valence-corrected chi connectivity index (χ4v) is 3.95. The maximum atomic E-state index is 12.9. The van der Waals surface area contributed by atoms with Crippen LogP contribution in [0.2, 0.25) is 0 Å². The Hall–Kier alpha value is -4.53. The summed E-state index contributed by atoms with van der Waals surface area (Å²) < 4.78 is 49.6. The van der Waals surface area contributed by atoms with Gasteiger partial charge in [-0.2, -0.15) is 13.2 Å². The van der Waals surface area contributed by atoms with Crippen LogP contribution in [0.3, 0.4) is 0 Å². The van der Waals surface area contributed by atoms with Gasteiger partial charge in [0.2, 0.25) is 0 Å². The molecule has 4 aromatic carbocycles. The summed E-state index contributed by atoms with van der Waals surface area (Å²) in [6.07, 6.45) is -4.92. The molecule has 9 heteroatoms. The molecule has 4 aromatic rings. The molecule has 40 heavy (non-hydrogen) atoms. The number of alkyl carbamates (subject to hydrolysis) is 1. The molecule has 0 aromatic heterocycles. The van der Waals surface area contributed by atoms with E-state index in [9.17, 15) is 22.8 Å². The van der Waals surface area contributed by atoms with E-state index in [-0.39, 0.29) is 24.7 Å². The molecule has 0 heterocycles. The van der Waals surface area contributed by atoms with Crippen LogP contribution in [0.5, 0.6) is 11.5 Å². The maximum absolute atomic E-state index is 12.9. The summed E-state index contributed by atoms with van der Waals surface area (Å²) in [5, 5.41) is 7.07. The minimum absolute atomic E-state index is 0.269. The molecule has 2 amide bonds. The Kier molecular flexibility index (Phi) is 8.32. The van der Waals surface area contributed by atoms with E-state index in [1.54, 1.807) is 51.1 Å². The molecular weight excluding hydrogens is 521 g/mol. The lowest BCUT2D eigenvalue weighted by Crippen LogP contribution is -2.32. The van der Waals surface area contributed by atoms with Gasteiger partial charge in [-0.1, -0.05) is 36.4 Å². The van der Waals surface area contributed by atoms with Gasteiger partial charge in [-0.15, -0.1) is 0 Å². The van der Waals surface area contributed by atoms with E-state index >= 15 is 0 Å². The third-order valence-electron chi connectivity index (χ3n) is 5.79. The highest BCUT2D eigenvalue weighted by molar-refractivity contribution is 5.99. The van der Waals surface area contributed by atoms with Gasteiger partial charge in [-0.05, 0) is 85.8 Å². The third kappa shape index (κ3) is 7.75. The maximum Gasteiger partial charge on any atom is 0.416 e. The van der Waals surface area contributed by atoms with Crippen molar-refractivity contribution in [1.82, 2.24) is 10.6 Å². The molecule has 0 aliphatic heterocycles. The average molecular weight is 551 g/mol.